The molecular weight excluding hydrogens is 256 g/mol. The van der Waals surface area contributed by atoms with Gasteiger partial charge in [0.15, 0.2) is 0 Å². The van der Waals surface area contributed by atoms with Gasteiger partial charge in [-0.15, -0.1) is 0 Å². The van der Waals surface area contributed by atoms with Crippen LogP contribution in [0.2, 0.25) is 5.02 Å². The number of nitro benzene ring substituents is 1. The SMILES string of the molecule is CCC(C)(CO)NCc1cc(Cl)ccc1[N+](=O)[O-]. The minimum absolute atomic E-state index is 0.0299. The lowest BCUT2D eigenvalue weighted by atomic mass is 9.99. The molecule has 0 aliphatic heterocycles. The van der Waals surface area contributed by atoms with E-state index in [2.05, 4.69) is 5.32 Å². The number of nitrogens with one attached hydrogen (secondary N) is 1. The van der Waals surface area contributed by atoms with Gasteiger partial charge in [0.25, 0.3) is 5.69 Å². The quantitative estimate of drug-likeness (QED) is 0.616. The van der Waals surface area contributed by atoms with Crippen molar-refractivity contribution in [2.75, 3.05) is 6.61 Å². The fraction of sp³-hybridized carbons (Fsp3) is 0.500. The molecule has 0 aliphatic carbocycles. The second kappa shape index (κ2) is 6.13. The van der Waals surface area contributed by atoms with Crippen LogP contribution in [0.4, 0.5) is 5.69 Å². The van der Waals surface area contributed by atoms with E-state index in [9.17, 15) is 15.2 Å². The number of hydrogen-bond acceptors (Lipinski definition) is 4. The van der Waals surface area contributed by atoms with Crippen LogP contribution in [0.25, 0.3) is 0 Å². The maximum absolute atomic E-state index is 10.9. The highest BCUT2D eigenvalue weighted by atomic mass is 35.5. The van der Waals surface area contributed by atoms with Gasteiger partial charge in [-0.1, -0.05) is 18.5 Å². The minimum atomic E-state index is -0.448. The van der Waals surface area contributed by atoms with Crippen LogP contribution in [-0.4, -0.2) is 22.2 Å². The van der Waals surface area contributed by atoms with Crippen molar-refractivity contribution in [1.82, 2.24) is 5.32 Å². The molecule has 1 atom stereocenters. The van der Waals surface area contributed by atoms with Gasteiger partial charge in [-0.05, 0) is 25.5 Å². The van der Waals surface area contributed by atoms with E-state index in [-0.39, 0.29) is 12.3 Å². The molecule has 6 heteroatoms. The molecule has 1 aromatic rings. The lowest BCUT2D eigenvalue weighted by Crippen LogP contribution is -2.44. The number of hydrogen-bond donors (Lipinski definition) is 2. The number of nitrogens with zero attached hydrogens (tertiary/aromatic N) is 1. The standard InChI is InChI=1S/C12H17ClN2O3/c1-3-12(2,8-16)14-7-9-6-10(13)4-5-11(9)15(17)18/h4-6,14,16H,3,7-8H2,1-2H3. The summed E-state index contributed by atoms with van der Waals surface area (Å²) in [5, 5.41) is 23.7. The summed E-state index contributed by atoms with van der Waals surface area (Å²) in [7, 11) is 0. The maximum atomic E-state index is 10.9. The molecule has 0 amide bonds. The fourth-order valence-corrected chi connectivity index (χ4v) is 1.67. The number of nitro groups is 1. The Labute approximate surface area is 111 Å². The van der Waals surface area contributed by atoms with E-state index in [1.807, 2.05) is 13.8 Å². The summed E-state index contributed by atoms with van der Waals surface area (Å²) >= 11 is 5.84. The first-order valence-electron chi connectivity index (χ1n) is 5.70. The van der Waals surface area contributed by atoms with Gasteiger partial charge in [0, 0.05) is 28.7 Å². The van der Waals surface area contributed by atoms with Crippen LogP contribution in [0.3, 0.4) is 0 Å². The predicted molar refractivity (Wildman–Crippen MR) is 70.7 cm³/mol. The summed E-state index contributed by atoms with van der Waals surface area (Å²) < 4.78 is 0. The van der Waals surface area contributed by atoms with E-state index in [1.54, 1.807) is 6.07 Å². The summed E-state index contributed by atoms with van der Waals surface area (Å²) in [6.45, 7) is 4.07. The van der Waals surface area contributed by atoms with Crippen LogP contribution < -0.4 is 5.32 Å². The Hall–Kier alpha value is -1.17. The molecule has 2 N–H and O–H groups in total. The van der Waals surface area contributed by atoms with E-state index >= 15 is 0 Å². The fourth-order valence-electron chi connectivity index (χ4n) is 1.48. The molecule has 0 radical (unpaired) electrons. The van der Waals surface area contributed by atoms with Crippen molar-refractivity contribution >= 4 is 17.3 Å². The third-order valence-electron chi connectivity index (χ3n) is 3.07. The van der Waals surface area contributed by atoms with Crippen LogP contribution in [0.1, 0.15) is 25.8 Å². The Bertz CT molecular complexity index is 433. The van der Waals surface area contributed by atoms with Crippen molar-refractivity contribution < 1.29 is 10.0 Å². The summed E-state index contributed by atoms with van der Waals surface area (Å²) in [4.78, 5) is 10.4. The van der Waals surface area contributed by atoms with E-state index in [0.29, 0.717) is 17.1 Å². The van der Waals surface area contributed by atoms with Crippen LogP contribution >= 0.6 is 11.6 Å². The summed E-state index contributed by atoms with van der Waals surface area (Å²) in [5.74, 6) is 0. The molecule has 0 aliphatic rings. The maximum Gasteiger partial charge on any atom is 0.273 e. The highest BCUT2D eigenvalue weighted by molar-refractivity contribution is 6.30. The molecular formula is C12H17ClN2O3. The monoisotopic (exact) mass is 272 g/mol. The van der Waals surface area contributed by atoms with Crippen molar-refractivity contribution in [3.63, 3.8) is 0 Å². The molecule has 0 heterocycles. The molecule has 100 valence electrons. The van der Waals surface area contributed by atoms with Crippen molar-refractivity contribution in [1.29, 1.82) is 0 Å². The molecule has 1 aromatic carbocycles. The second-order valence-corrected chi connectivity index (χ2v) is 4.89. The van der Waals surface area contributed by atoms with Crippen molar-refractivity contribution in [2.45, 2.75) is 32.4 Å². The zero-order valence-corrected chi connectivity index (χ0v) is 11.2. The van der Waals surface area contributed by atoms with Gasteiger partial charge >= 0.3 is 0 Å². The molecule has 18 heavy (non-hydrogen) atoms. The van der Waals surface area contributed by atoms with Gasteiger partial charge in [-0.3, -0.25) is 10.1 Å². The van der Waals surface area contributed by atoms with Gasteiger partial charge < -0.3 is 10.4 Å². The van der Waals surface area contributed by atoms with Gasteiger partial charge in [0.05, 0.1) is 11.5 Å². The van der Waals surface area contributed by atoms with Gasteiger partial charge in [-0.2, -0.15) is 0 Å². The number of rotatable bonds is 6. The summed E-state index contributed by atoms with van der Waals surface area (Å²) in [5.41, 5.74) is 0.0971. The van der Waals surface area contributed by atoms with Gasteiger partial charge in [0.1, 0.15) is 0 Å². The molecule has 0 bridgehead atoms. The minimum Gasteiger partial charge on any atom is -0.394 e. The van der Waals surface area contributed by atoms with Crippen LogP contribution in [0.15, 0.2) is 18.2 Å². The number of aliphatic hydroxyl groups excluding tert-OH is 1. The average molecular weight is 273 g/mol. The Morgan fingerprint density at radius 2 is 2.22 bits per heavy atom. The number of halogens is 1. The third kappa shape index (κ3) is 3.66. The van der Waals surface area contributed by atoms with Gasteiger partial charge in [0.2, 0.25) is 0 Å². The summed E-state index contributed by atoms with van der Waals surface area (Å²) in [6.07, 6.45) is 0.720. The van der Waals surface area contributed by atoms with Crippen LogP contribution in [0, 0.1) is 10.1 Å². The first kappa shape index (κ1) is 14.9. The van der Waals surface area contributed by atoms with Crippen molar-refractivity contribution in [2.24, 2.45) is 0 Å². The van der Waals surface area contributed by atoms with E-state index < -0.39 is 10.5 Å². The molecule has 0 spiro atoms. The molecule has 1 unspecified atom stereocenters. The Morgan fingerprint density at radius 3 is 2.72 bits per heavy atom. The second-order valence-electron chi connectivity index (χ2n) is 4.46. The zero-order valence-electron chi connectivity index (χ0n) is 10.4. The topological polar surface area (TPSA) is 75.4 Å². The molecule has 0 fully saturated rings. The molecule has 0 saturated carbocycles. The Balaban J connectivity index is 2.90. The number of benzene rings is 1. The summed E-state index contributed by atoms with van der Waals surface area (Å²) in [6, 6.07) is 4.45. The Kier molecular flexibility index (Phi) is 5.07. The largest absolute Gasteiger partial charge is 0.394 e. The normalized spacial score (nSPS) is 14.2. The van der Waals surface area contributed by atoms with Crippen LogP contribution in [-0.2, 0) is 6.54 Å². The predicted octanol–water partition coefficient (Wildman–Crippen LogP) is 2.50. The van der Waals surface area contributed by atoms with Gasteiger partial charge in [-0.25, -0.2) is 0 Å². The lowest BCUT2D eigenvalue weighted by molar-refractivity contribution is -0.385. The molecule has 5 nitrogen and oxygen atoms in total. The van der Waals surface area contributed by atoms with E-state index in [1.165, 1.54) is 12.1 Å². The first-order chi connectivity index (χ1) is 8.41. The molecule has 0 saturated heterocycles. The zero-order chi connectivity index (χ0) is 13.8. The average Bonchev–Trinajstić information content (AvgIpc) is 2.35. The van der Waals surface area contributed by atoms with Crippen LogP contribution in [0.5, 0.6) is 0 Å². The highest BCUT2D eigenvalue weighted by Gasteiger charge is 2.22. The van der Waals surface area contributed by atoms with E-state index in [0.717, 1.165) is 6.42 Å². The lowest BCUT2D eigenvalue weighted by Gasteiger charge is -2.27. The Morgan fingerprint density at radius 1 is 1.56 bits per heavy atom. The molecule has 0 aromatic heterocycles. The van der Waals surface area contributed by atoms with Crippen molar-refractivity contribution in [3.05, 3.63) is 38.9 Å². The number of aliphatic hydroxyl groups is 1. The molecule has 1 rings (SSSR count). The van der Waals surface area contributed by atoms with E-state index in [4.69, 9.17) is 11.6 Å². The first-order valence-corrected chi connectivity index (χ1v) is 6.08. The third-order valence-corrected chi connectivity index (χ3v) is 3.31. The highest BCUT2D eigenvalue weighted by Crippen LogP contribution is 2.23. The van der Waals surface area contributed by atoms with Crippen molar-refractivity contribution in [3.8, 4) is 0 Å². The smallest absolute Gasteiger partial charge is 0.273 e.